The Morgan fingerprint density at radius 3 is 1.39 bits per heavy atom. The van der Waals surface area contributed by atoms with Crippen LogP contribution in [0, 0.1) is 0 Å². The molecule has 0 N–H and O–H groups in total. The quantitative estimate of drug-likeness (QED) is 0.154. The predicted molar refractivity (Wildman–Crippen MR) is 256 cm³/mol. The molecule has 8 aromatic carbocycles. The second kappa shape index (κ2) is 15.8. The average molecular weight is 796 g/mol. The third-order valence-corrected chi connectivity index (χ3v) is 12.5. The SMILES string of the molecule is c1ccc(-c2cc(-c3ccccc3)cc(-c3sc4c(-c5ccccc5)nc5ccccc5c4c3-c3cccc(-c4cc(-c5ccccc5)nc(-c5ccccc5)n4)c3)c2)cc1. The predicted octanol–water partition coefficient (Wildman–Crippen LogP) is 15.6. The van der Waals surface area contributed by atoms with Crippen molar-refractivity contribution in [1.82, 2.24) is 15.0 Å². The number of para-hydroxylation sites is 1. The number of benzene rings is 8. The third-order valence-electron chi connectivity index (χ3n) is 11.3. The Morgan fingerprint density at radius 1 is 0.311 bits per heavy atom. The fourth-order valence-electron chi connectivity index (χ4n) is 8.33. The number of nitrogens with zero attached hydrogens (tertiary/aromatic N) is 3. The fraction of sp³-hybridized carbons (Fsp3) is 0. The van der Waals surface area contributed by atoms with E-state index in [1.807, 2.05) is 35.6 Å². The molecule has 0 atom stereocenters. The molecule has 0 amide bonds. The van der Waals surface area contributed by atoms with E-state index in [2.05, 4.69) is 200 Å². The summed E-state index contributed by atoms with van der Waals surface area (Å²) in [6.45, 7) is 0. The molecule has 0 aliphatic rings. The summed E-state index contributed by atoms with van der Waals surface area (Å²) in [5.74, 6) is 0.694. The molecular formula is C57H37N3S. The van der Waals surface area contributed by atoms with Gasteiger partial charge in [0, 0.05) is 43.5 Å². The molecule has 0 aliphatic carbocycles. The lowest BCUT2D eigenvalue weighted by molar-refractivity contribution is 1.18. The molecule has 286 valence electrons. The van der Waals surface area contributed by atoms with E-state index < -0.39 is 0 Å². The standard InChI is InChI=1S/C57H37N3S/c1-6-19-38(20-7-1)45-34-46(39-21-8-2-9-22-39)36-47(35-45)55-52(53-48-31-16-17-32-49(48)58-54(56(53)61-55)41-25-12-4-13-26-41)44-30-18-29-43(33-44)51-37-50(40-23-10-3-11-24-40)59-57(60-51)42-27-14-5-15-28-42/h1-37H. The number of hydrogen-bond donors (Lipinski definition) is 0. The zero-order valence-electron chi connectivity index (χ0n) is 33.1. The molecular weight excluding hydrogens is 759 g/mol. The molecule has 0 saturated carbocycles. The summed E-state index contributed by atoms with van der Waals surface area (Å²) in [6, 6.07) is 79.3. The van der Waals surface area contributed by atoms with Crippen LogP contribution >= 0.6 is 11.3 Å². The Kier molecular flexibility index (Phi) is 9.38. The lowest BCUT2D eigenvalue weighted by Crippen LogP contribution is -1.96. The van der Waals surface area contributed by atoms with Gasteiger partial charge in [-0.2, -0.15) is 0 Å². The van der Waals surface area contributed by atoms with Gasteiger partial charge in [0.15, 0.2) is 5.82 Å². The monoisotopic (exact) mass is 795 g/mol. The number of pyridine rings is 1. The maximum atomic E-state index is 5.38. The number of fused-ring (bicyclic) bond motifs is 3. The second-order valence-corrected chi connectivity index (χ2v) is 16.2. The molecule has 0 aliphatic heterocycles. The largest absolute Gasteiger partial charge is 0.246 e. The van der Waals surface area contributed by atoms with Crippen molar-refractivity contribution in [1.29, 1.82) is 0 Å². The summed E-state index contributed by atoms with van der Waals surface area (Å²) in [5.41, 5.74) is 16.0. The highest BCUT2D eigenvalue weighted by Crippen LogP contribution is 2.51. The van der Waals surface area contributed by atoms with Crippen molar-refractivity contribution in [3.8, 4) is 89.0 Å². The van der Waals surface area contributed by atoms with Crippen LogP contribution < -0.4 is 0 Å². The van der Waals surface area contributed by atoms with Crippen LogP contribution in [0.5, 0.6) is 0 Å². The molecule has 4 heteroatoms. The highest BCUT2D eigenvalue weighted by molar-refractivity contribution is 7.23. The number of rotatable bonds is 8. The zero-order chi connectivity index (χ0) is 40.5. The molecule has 11 aromatic rings. The summed E-state index contributed by atoms with van der Waals surface area (Å²) in [7, 11) is 0. The van der Waals surface area contributed by atoms with Gasteiger partial charge in [-0.05, 0) is 69.8 Å². The summed E-state index contributed by atoms with van der Waals surface area (Å²) in [6.07, 6.45) is 0. The Bertz CT molecular complexity index is 3210. The van der Waals surface area contributed by atoms with Crippen LogP contribution in [0.3, 0.4) is 0 Å². The van der Waals surface area contributed by atoms with E-state index in [0.717, 1.165) is 66.1 Å². The number of aromatic nitrogens is 3. The van der Waals surface area contributed by atoms with E-state index in [4.69, 9.17) is 15.0 Å². The summed E-state index contributed by atoms with van der Waals surface area (Å²) in [5, 5.41) is 2.33. The Labute approximate surface area is 359 Å². The van der Waals surface area contributed by atoms with Crippen molar-refractivity contribution in [2.45, 2.75) is 0 Å². The fourth-order valence-corrected chi connectivity index (χ4v) is 9.67. The molecule has 0 spiro atoms. The maximum Gasteiger partial charge on any atom is 0.160 e. The van der Waals surface area contributed by atoms with Gasteiger partial charge in [0.25, 0.3) is 0 Å². The van der Waals surface area contributed by atoms with Crippen molar-refractivity contribution >= 4 is 32.3 Å². The molecule has 3 aromatic heterocycles. The van der Waals surface area contributed by atoms with Gasteiger partial charge in [-0.25, -0.2) is 15.0 Å². The molecule has 0 fully saturated rings. The summed E-state index contributed by atoms with van der Waals surface area (Å²) in [4.78, 5) is 16.9. The number of thiophene rings is 1. The van der Waals surface area contributed by atoms with Crippen molar-refractivity contribution in [3.05, 3.63) is 224 Å². The van der Waals surface area contributed by atoms with Crippen LogP contribution in [0.2, 0.25) is 0 Å². The van der Waals surface area contributed by atoms with Gasteiger partial charge in [-0.3, -0.25) is 0 Å². The molecule has 0 radical (unpaired) electrons. The molecule has 11 rings (SSSR count). The summed E-state index contributed by atoms with van der Waals surface area (Å²) < 4.78 is 1.16. The van der Waals surface area contributed by atoms with Gasteiger partial charge < -0.3 is 0 Å². The van der Waals surface area contributed by atoms with Crippen LogP contribution in [0.1, 0.15) is 0 Å². The topological polar surface area (TPSA) is 38.7 Å². The molecule has 3 nitrogen and oxygen atoms in total. The van der Waals surface area contributed by atoms with Gasteiger partial charge in [-0.15, -0.1) is 11.3 Å². The van der Waals surface area contributed by atoms with E-state index in [0.29, 0.717) is 5.82 Å². The Hall–Kier alpha value is -7.79. The molecule has 0 bridgehead atoms. The van der Waals surface area contributed by atoms with Crippen LogP contribution in [-0.4, -0.2) is 15.0 Å². The van der Waals surface area contributed by atoms with Gasteiger partial charge in [0.2, 0.25) is 0 Å². The van der Waals surface area contributed by atoms with Crippen LogP contribution in [0.15, 0.2) is 224 Å². The highest BCUT2D eigenvalue weighted by atomic mass is 32.1. The van der Waals surface area contributed by atoms with Gasteiger partial charge in [0.05, 0.1) is 27.3 Å². The average Bonchev–Trinajstić information content (AvgIpc) is 3.76. The van der Waals surface area contributed by atoms with Gasteiger partial charge in [-0.1, -0.05) is 188 Å². The van der Waals surface area contributed by atoms with Gasteiger partial charge in [0.1, 0.15) is 0 Å². The molecule has 0 unspecified atom stereocenters. The first-order valence-corrected chi connectivity index (χ1v) is 21.3. The lowest BCUT2D eigenvalue weighted by Gasteiger charge is -2.14. The van der Waals surface area contributed by atoms with Gasteiger partial charge >= 0.3 is 0 Å². The second-order valence-electron chi connectivity index (χ2n) is 15.2. The van der Waals surface area contributed by atoms with Crippen LogP contribution in [0.4, 0.5) is 0 Å². The van der Waals surface area contributed by atoms with Crippen molar-refractivity contribution < 1.29 is 0 Å². The van der Waals surface area contributed by atoms with E-state index in [1.54, 1.807) is 0 Å². The molecule has 61 heavy (non-hydrogen) atoms. The maximum absolute atomic E-state index is 5.38. The first-order chi connectivity index (χ1) is 30.2. The van der Waals surface area contributed by atoms with E-state index in [1.165, 1.54) is 38.1 Å². The first kappa shape index (κ1) is 36.3. The summed E-state index contributed by atoms with van der Waals surface area (Å²) >= 11 is 1.83. The van der Waals surface area contributed by atoms with E-state index in [-0.39, 0.29) is 0 Å². The number of hydrogen-bond acceptors (Lipinski definition) is 4. The molecule has 0 saturated heterocycles. The lowest BCUT2D eigenvalue weighted by atomic mass is 9.91. The molecule has 3 heterocycles. The van der Waals surface area contributed by atoms with Crippen molar-refractivity contribution in [2.75, 3.05) is 0 Å². The zero-order valence-corrected chi connectivity index (χ0v) is 33.9. The normalized spacial score (nSPS) is 11.3. The van der Waals surface area contributed by atoms with Crippen molar-refractivity contribution in [2.24, 2.45) is 0 Å². The van der Waals surface area contributed by atoms with E-state index in [9.17, 15) is 0 Å². The van der Waals surface area contributed by atoms with Crippen LogP contribution in [-0.2, 0) is 0 Å². The minimum Gasteiger partial charge on any atom is -0.246 e. The smallest absolute Gasteiger partial charge is 0.160 e. The van der Waals surface area contributed by atoms with Crippen molar-refractivity contribution in [3.63, 3.8) is 0 Å². The highest BCUT2D eigenvalue weighted by Gasteiger charge is 2.24. The van der Waals surface area contributed by atoms with E-state index >= 15 is 0 Å². The Balaban J connectivity index is 1.20. The van der Waals surface area contributed by atoms with Crippen LogP contribution in [0.25, 0.3) is 110 Å². The third kappa shape index (κ3) is 6.99. The minimum absolute atomic E-state index is 0.694. The first-order valence-electron chi connectivity index (χ1n) is 20.5. The Morgan fingerprint density at radius 2 is 0.770 bits per heavy atom. The minimum atomic E-state index is 0.694.